The van der Waals surface area contributed by atoms with E-state index in [9.17, 15) is 0 Å². The molecule has 5 aromatic carbocycles. The van der Waals surface area contributed by atoms with Gasteiger partial charge in [-0.3, -0.25) is 0 Å². The van der Waals surface area contributed by atoms with Gasteiger partial charge in [0.05, 0.1) is 0 Å². The Labute approximate surface area is 166 Å². The van der Waals surface area contributed by atoms with Gasteiger partial charge < -0.3 is 0 Å². The SMILES string of the molecule is c1ccc2c(c1)Cc1cc3sc4c5ccccc5c5ccccc5c4c3cc1-2. The highest BCUT2D eigenvalue weighted by Crippen LogP contribution is 2.47. The molecule has 130 valence electrons. The molecule has 0 saturated carbocycles. The Bertz CT molecular complexity index is 1580. The minimum Gasteiger partial charge on any atom is -0.134 e. The predicted octanol–water partition coefficient (Wildman–Crippen LogP) is 7.93. The van der Waals surface area contributed by atoms with Crippen molar-refractivity contribution in [2.24, 2.45) is 0 Å². The van der Waals surface area contributed by atoms with Crippen molar-refractivity contribution in [2.75, 3.05) is 0 Å². The molecule has 1 heteroatoms. The van der Waals surface area contributed by atoms with Crippen molar-refractivity contribution in [1.82, 2.24) is 0 Å². The molecular weight excluding hydrogens is 356 g/mol. The monoisotopic (exact) mass is 372 g/mol. The number of benzene rings is 5. The molecule has 0 unspecified atom stereocenters. The molecule has 0 amide bonds. The maximum atomic E-state index is 2.45. The number of thiophene rings is 1. The van der Waals surface area contributed by atoms with Gasteiger partial charge in [-0.25, -0.2) is 0 Å². The largest absolute Gasteiger partial charge is 0.134 e. The van der Waals surface area contributed by atoms with Crippen LogP contribution in [0.4, 0.5) is 0 Å². The van der Waals surface area contributed by atoms with E-state index in [1.54, 1.807) is 0 Å². The molecular formula is C27H16S. The van der Waals surface area contributed by atoms with Gasteiger partial charge in [-0.15, -0.1) is 11.3 Å². The summed E-state index contributed by atoms with van der Waals surface area (Å²) in [5, 5.41) is 8.27. The van der Waals surface area contributed by atoms with Crippen LogP contribution in [0.2, 0.25) is 0 Å². The highest BCUT2D eigenvalue weighted by Gasteiger charge is 2.21. The molecule has 7 rings (SSSR count). The highest BCUT2D eigenvalue weighted by molar-refractivity contribution is 7.27. The van der Waals surface area contributed by atoms with Crippen LogP contribution in [0.15, 0.2) is 84.9 Å². The number of fused-ring (bicyclic) bond motifs is 11. The third kappa shape index (κ3) is 1.80. The third-order valence-corrected chi connectivity index (χ3v) is 7.45. The van der Waals surface area contributed by atoms with Crippen molar-refractivity contribution in [1.29, 1.82) is 0 Å². The minimum atomic E-state index is 1.05. The average molecular weight is 372 g/mol. The van der Waals surface area contributed by atoms with Gasteiger partial charge in [0.25, 0.3) is 0 Å². The Morgan fingerprint density at radius 3 is 2.07 bits per heavy atom. The number of hydrogen-bond donors (Lipinski definition) is 0. The summed E-state index contributed by atoms with van der Waals surface area (Å²) >= 11 is 1.95. The van der Waals surface area contributed by atoms with Gasteiger partial charge in [0.15, 0.2) is 0 Å². The fraction of sp³-hybridized carbons (Fsp3) is 0.0370. The van der Waals surface area contributed by atoms with Crippen LogP contribution in [-0.4, -0.2) is 0 Å². The third-order valence-electron chi connectivity index (χ3n) is 6.26. The van der Waals surface area contributed by atoms with E-state index in [0.717, 1.165) is 6.42 Å². The smallest absolute Gasteiger partial charge is 0.0440 e. The molecule has 0 N–H and O–H groups in total. The van der Waals surface area contributed by atoms with E-state index >= 15 is 0 Å². The second kappa shape index (κ2) is 5.21. The maximum absolute atomic E-state index is 2.45. The number of rotatable bonds is 0. The Morgan fingerprint density at radius 1 is 0.536 bits per heavy atom. The second-order valence-corrected chi connectivity index (χ2v) is 8.79. The van der Waals surface area contributed by atoms with Crippen molar-refractivity contribution in [2.45, 2.75) is 6.42 Å². The molecule has 0 atom stereocenters. The normalized spacial score (nSPS) is 12.9. The van der Waals surface area contributed by atoms with Crippen LogP contribution in [0.5, 0.6) is 0 Å². The van der Waals surface area contributed by atoms with Crippen LogP contribution in [0, 0.1) is 0 Å². The summed E-state index contributed by atoms with van der Waals surface area (Å²) in [5.74, 6) is 0. The van der Waals surface area contributed by atoms with E-state index < -0.39 is 0 Å². The maximum Gasteiger partial charge on any atom is 0.0440 e. The lowest BCUT2D eigenvalue weighted by molar-refractivity contribution is 1.27. The summed E-state index contributed by atoms with van der Waals surface area (Å²) in [6.07, 6.45) is 1.05. The standard InChI is InChI=1S/C27H16S/c1-2-8-18-16(7-1)13-17-14-25-24(15-23(17)18)26-21-11-5-3-9-19(21)20-10-4-6-12-22(20)27(26)28-25/h1-12,14-15H,13H2. The van der Waals surface area contributed by atoms with Gasteiger partial charge >= 0.3 is 0 Å². The topological polar surface area (TPSA) is 0 Å². The molecule has 0 bridgehead atoms. The summed E-state index contributed by atoms with van der Waals surface area (Å²) in [5.41, 5.74) is 5.74. The van der Waals surface area contributed by atoms with Gasteiger partial charge in [-0.05, 0) is 57.0 Å². The lowest BCUT2D eigenvalue weighted by Crippen LogP contribution is -1.81. The Hall–Kier alpha value is -3.16. The van der Waals surface area contributed by atoms with Gasteiger partial charge in [0.1, 0.15) is 0 Å². The minimum absolute atomic E-state index is 1.05. The molecule has 1 aliphatic carbocycles. The van der Waals surface area contributed by atoms with Crippen LogP contribution in [-0.2, 0) is 6.42 Å². The molecule has 6 aromatic rings. The van der Waals surface area contributed by atoms with E-state index in [0.29, 0.717) is 0 Å². The summed E-state index contributed by atoms with van der Waals surface area (Å²) < 4.78 is 2.82. The summed E-state index contributed by atoms with van der Waals surface area (Å²) in [6.45, 7) is 0. The van der Waals surface area contributed by atoms with Gasteiger partial charge in [0, 0.05) is 25.6 Å². The summed E-state index contributed by atoms with van der Waals surface area (Å²) in [7, 11) is 0. The van der Waals surface area contributed by atoms with Gasteiger partial charge in [-0.1, -0.05) is 72.8 Å². The van der Waals surface area contributed by atoms with Crippen LogP contribution in [0.1, 0.15) is 11.1 Å². The molecule has 0 radical (unpaired) electrons. The molecule has 0 aliphatic heterocycles. The lowest BCUT2D eigenvalue weighted by Gasteiger charge is -2.07. The fourth-order valence-corrected chi connectivity index (χ4v) is 6.34. The molecule has 0 saturated heterocycles. The van der Waals surface area contributed by atoms with E-state index in [4.69, 9.17) is 0 Å². The van der Waals surface area contributed by atoms with Crippen LogP contribution < -0.4 is 0 Å². The molecule has 0 nitrogen and oxygen atoms in total. The summed E-state index contributed by atoms with van der Waals surface area (Å²) in [6, 6.07) is 31.5. The fourth-order valence-electron chi connectivity index (χ4n) is 5.03. The predicted molar refractivity (Wildman–Crippen MR) is 123 cm³/mol. The van der Waals surface area contributed by atoms with Crippen molar-refractivity contribution in [3.63, 3.8) is 0 Å². The molecule has 1 aliphatic rings. The highest BCUT2D eigenvalue weighted by atomic mass is 32.1. The second-order valence-electron chi connectivity index (χ2n) is 7.74. The molecule has 28 heavy (non-hydrogen) atoms. The summed E-state index contributed by atoms with van der Waals surface area (Å²) in [4.78, 5) is 0. The van der Waals surface area contributed by atoms with E-state index in [1.165, 1.54) is 64.0 Å². The van der Waals surface area contributed by atoms with E-state index in [2.05, 4.69) is 84.9 Å². The van der Waals surface area contributed by atoms with Crippen molar-refractivity contribution >= 4 is 53.1 Å². The first-order valence-electron chi connectivity index (χ1n) is 9.75. The van der Waals surface area contributed by atoms with Crippen LogP contribution >= 0.6 is 11.3 Å². The zero-order valence-corrected chi connectivity index (χ0v) is 16.0. The zero-order valence-electron chi connectivity index (χ0n) is 15.2. The van der Waals surface area contributed by atoms with Gasteiger partial charge in [0.2, 0.25) is 0 Å². The molecule has 0 fully saturated rings. The lowest BCUT2D eigenvalue weighted by atomic mass is 9.96. The molecule has 0 spiro atoms. The van der Waals surface area contributed by atoms with Crippen LogP contribution in [0.3, 0.4) is 0 Å². The van der Waals surface area contributed by atoms with Crippen molar-refractivity contribution in [3.8, 4) is 11.1 Å². The zero-order chi connectivity index (χ0) is 18.2. The van der Waals surface area contributed by atoms with E-state index in [1.807, 2.05) is 11.3 Å². The number of hydrogen-bond acceptors (Lipinski definition) is 1. The van der Waals surface area contributed by atoms with Crippen LogP contribution in [0.25, 0.3) is 52.8 Å². The first kappa shape index (κ1) is 14.8. The molecule has 1 aromatic heterocycles. The first-order valence-corrected chi connectivity index (χ1v) is 10.6. The molecule has 1 heterocycles. The quantitative estimate of drug-likeness (QED) is 0.237. The Kier molecular flexibility index (Phi) is 2.76. The average Bonchev–Trinajstić information content (AvgIpc) is 3.30. The van der Waals surface area contributed by atoms with Crippen molar-refractivity contribution in [3.05, 3.63) is 96.1 Å². The Morgan fingerprint density at radius 2 is 1.21 bits per heavy atom. The van der Waals surface area contributed by atoms with E-state index in [-0.39, 0.29) is 0 Å². The Balaban J connectivity index is 1.72. The van der Waals surface area contributed by atoms with Gasteiger partial charge in [-0.2, -0.15) is 0 Å². The first-order chi connectivity index (χ1) is 13.9. The van der Waals surface area contributed by atoms with Crippen molar-refractivity contribution < 1.29 is 0 Å².